The lowest BCUT2D eigenvalue weighted by molar-refractivity contribution is -0.0595. The van der Waals surface area contributed by atoms with Gasteiger partial charge < -0.3 is 9.84 Å². The first-order valence-corrected chi connectivity index (χ1v) is 3.73. The van der Waals surface area contributed by atoms with Gasteiger partial charge in [0.15, 0.2) is 5.60 Å². The van der Waals surface area contributed by atoms with Gasteiger partial charge in [-0.2, -0.15) is 5.26 Å². The molecule has 0 rings (SSSR count). The van der Waals surface area contributed by atoms with Gasteiger partial charge in [0.2, 0.25) is 0 Å². The smallest absolute Gasteiger partial charge is 0.271 e. The van der Waals surface area contributed by atoms with Crippen molar-refractivity contribution in [3.63, 3.8) is 0 Å². The molecule has 74 valence electrons. The Hall–Kier alpha value is -1.15. The number of hydrogen-bond donors (Lipinski definition) is 1. The fraction of sp³-hybridized carbons (Fsp3) is 0.625. The van der Waals surface area contributed by atoms with E-state index in [2.05, 4.69) is 4.74 Å². The summed E-state index contributed by atoms with van der Waals surface area (Å²) in [4.78, 5) is 0. The van der Waals surface area contributed by atoms with E-state index in [1.54, 1.807) is 6.92 Å². The van der Waals surface area contributed by atoms with E-state index < -0.39 is 18.4 Å². The maximum Gasteiger partial charge on any atom is 0.271 e. The molecule has 3 nitrogen and oxygen atoms in total. The van der Waals surface area contributed by atoms with Gasteiger partial charge >= 0.3 is 0 Å². The molecule has 0 radical (unpaired) electrons. The van der Waals surface area contributed by atoms with Crippen molar-refractivity contribution in [2.75, 3.05) is 6.61 Å². The fourth-order valence-electron chi connectivity index (χ4n) is 0.598. The summed E-state index contributed by atoms with van der Waals surface area (Å²) in [5.74, 6) is 0. The Labute approximate surface area is 75.2 Å². The van der Waals surface area contributed by atoms with Gasteiger partial charge in [-0.3, -0.25) is 0 Å². The van der Waals surface area contributed by atoms with Crippen LogP contribution in [0.2, 0.25) is 0 Å². The Balaban J connectivity index is 4.33. The molecular formula is C8H11F2NO2. The number of aliphatic hydroxyl groups is 1. The standard InChI is InChI=1S/C8H11F2NO2/c1-2-13-6-4-8(12,3-5-11)7(9)10/h4,6-7,12H,2-3H2,1H3. The van der Waals surface area contributed by atoms with Crippen molar-refractivity contribution in [1.29, 1.82) is 5.26 Å². The second-order valence-corrected chi connectivity index (χ2v) is 2.38. The van der Waals surface area contributed by atoms with E-state index in [4.69, 9.17) is 5.26 Å². The Kier molecular flexibility index (Phi) is 5.00. The first-order chi connectivity index (χ1) is 6.06. The third-order valence-electron chi connectivity index (χ3n) is 1.36. The van der Waals surface area contributed by atoms with Gasteiger partial charge in [0, 0.05) is 0 Å². The molecule has 0 fully saturated rings. The van der Waals surface area contributed by atoms with Crippen molar-refractivity contribution in [2.45, 2.75) is 25.4 Å². The zero-order valence-corrected chi connectivity index (χ0v) is 7.20. The third kappa shape index (κ3) is 3.85. The quantitative estimate of drug-likeness (QED) is 0.669. The van der Waals surface area contributed by atoms with Crippen LogP contribution in [0.5, 0.6) is 0 Å². The highest BCUT2D eigenvalue weighted by molar-refractivity contribution is 5.05. The van der Waals surface area contributed by atoms with Gasteiger partial charge in [0.25, 0.3) is 6.43 Å². The van der Waals surface area contributed by atoms with E-state index >= 15 is 0 Å². The monoisotopic (exact) mass is 191 g/mol. The van der Waals surface area contributed by atoms with E-state index in [-0.39, 0.29) is 0 Å². The minimum atomic E-state index is -3.00. The third-order valence-corrected chi connectivity index (χ3v) is 1.36. The van der Waals surface area contributed by atoms with Crippen LogP contribution in [0.4, 0.5) is 8.78 Å². The molecule has 0 heterocycles. The summed E-state index contributed by atoms with van der Waals surface area (Å²) in [5, 5.41) is 17.4. The molecule has 0 bridgehead atoms. The molecule has 0 aliphatic rings. The van der Waals surface area contributed by atoms with Crippen LogP contribution >= 0.6 is 0 Å². The van der Waals surface area contributed by atoms with Crippen molar-refractivity contribution >= 4 is 0 Å². The Bertz CT molecular complexity index is 213. The molecule has 0 aromatic rings. The second-order valence-electron chi connectivity index (χ2n) is 2.38. The molecule has 0 aromatic heterocycles. The molecular weight excluding hydrogens is 180 g/mol. The van der Waals surface area contributed by atoms with Crippen LogP contribution in [0.3, 0.4) is 0 Å². The van der Waals surface area contributed by atoms with Crippen molar-refractivity contribution in [3.05, 3.63) is 12.3 Å². The Morgan fingerprint density at radius 1 is 1.69 bits per heavy atom. The maximum absolute atomic E-state index is 12.2. The molecule has 0 spiro atoms. The number of rotatable bonds is 5. The summed E-state index contributed by atoms with van der Waals surface area (Å²) in [6.07, 6.45) is -1.88. The van der Waals surface area contributed by atoms with Crippen LogP contribution in [0, 0.1) is 11.3 Å². The summed E-state index contributed by atoms with van der Waals surface area (Å²) in [6, 6.07) is 1.48. The summed E-state index contributed by atoms with van der Waals surface area (Å²) in [5.41, 5.74) is -2.40. The van der Waals surface area contributed by atoms with E-state index in [9.17, 15) is 13.9 Å². The molecule has 1 atom stereocenters. The molecule has 5 heteroatoms. The van der Waals surface area contributed by atoms with Crippen molar-refractivity contribution in [2.24, 2.45) is 0 Å². The number of alkyl halides is 2. The number of nitrogens with zero attached hydrogens (tertiary/aromatic N) is 1. The highest BCUT2D eigenvalue weighted by Crippen LogP contribution is 2.21. The first kappa shape index (κ1) is 11.8. The van der Waals surface area contributed by atoms with Gasteiger partial charge in [-0.25, -0.2) is 8.78 Å². The lowest BCUT2D eigenvalue weighted by atomic mass is 10.0. The molecule has 0 aliphatic heterocycles. The normalized spacial score (nSPS) is 15.7. The van der Waals surface area contributed by atoms with Crippen molar-refractivity contribution in [1.82, 2.24) is 0 Å². The molecule has 0 aromatic carbocycles. The lowest BCUT2D eigenvalue weighted by Crippen LogP contribution is -2.34. The summed E-state index contributed by atoms with van der Waals surface area (Å²) in [6.45, 7) is 2.00. The highest BCUT2D eigenvalue weighted by atomic mass is 19.3. The number of hydrogen-bond acceptors (Lipinski definition) is 3. The Morgan fingerprint density at radius 2 is 2.31 bits per heavy atom. The molecule has 1 N–H and O–H groups in total. The van der Waals surface area contributed by atoms with E-state index in [1.807, 2.05) is 0 Å². The Morgan fingerprint density at radius 3 is 2.69 bits per heavy atom. The minimum Gasteiger partial charge on any atom is -0.502 e. The maximum atomic E-state index is 12.2. The van der Waals surface area contributed by atoms with Gasteiger partial charge in [-0.1, -0.05) is 0 Å². The van der Waals surface area contributed by atoms with Gasteiger partial charge in [-0.15, -0.1) is 0 Å². The van der Waals surface area contributed by atoms with Crippen molar-refractivity contribution in [3.8, 4) is 6.07 Å². The predicted molar refractivity (Wildman–Crippen MR) is 41.9 cm³/mol. The van der Waals surface area contributed by atoms with Crippen LogP contribution in [0.1, 0.15) is 13.3 Å². The average molecular weight is 191 g/mol. The summed E-state index contributed by atoms with van der Waals surface area (Å²) >= 11 is 0. The lowest BCUT2D eigenvalue weighted by Gasteiger charge is -2.19. The molecule has 0 aliphatic carbocycles. The van der Waals surface area contributed by atoms with Crippen LogP contribution in [-0.2, 0) is 4.74 Å². The predicted octanol–water partition coefficient (Wildman–Crippen LogP) is 1.45. The van der Waals surface area contributed by atoms with Crippen LogP contribution in [-0.4, -0.2) is 23.7 Å². The van der Waals surface area contributed by atoms with E-state index in [1.165, 1.54) is 6.07 Å². The minimum absolute atomic E-state index is 0.322. The SMILES string of the molecule is CCOC=CC(O)(CC#N)C(F)F. The average Bonchev–Trinajstić information content (AvgIpc) is 2.05. The van der Waals surface area contributed by atoms with E-state index in [0.29, 0.717) is 6.61 Å². The molecule has 0 amide bonds. The summed E-state index contributed by atoms with van der Waals surface area (Å²) < 4.78 is 29.0. The highest BCUT2D eigenvalue weighted by Gasteiger charge is 2.35. The molecule has 1 unspecified atom stereocenters. The second kappa shape index (κ2) is 5.49. The first-order valence-electron chi connectivity index (χ1n) is 3.73. The molecule has 13 heavy (non-hydrogen) atoms. The zero-order chi connectivity index (χ0) is 10.3. The van der Waals surface area contributed by atoms with Crippen LogP contribution in [0.15, 0.2) is 12.3 Å². The topological polar surface area (TPSA) is 53.2 Å². The molecule has 0 saturated heterocycles. The summed E-state index contributed by atoms with van der Waals surface area (Å²) in [7, 11) is 0. The zero-order valence-electron chi connectivity index (χ0n) is 7.20. The largest absolute Gasteiger partial charge is 0.502 e. The fourth-order valence-corrected chi connectivity index (χ4v) is 0.598. The van der Waals surface area contributed by atoms with E-state index in [0.717, 1.165) is 12.3 Å². The van der Waals surface area contributed by atoms with Gasteiger partial charge in [0.1, 0.15) is 0 Å². The number of halogens is 2. The molecule has 0 saturated carbocycles. The van der Waals surface area contributed by atoms with Crippen LogP contribution < -0.4 is 0 Å². The van der Waals surface area contributed by atoms with Crippen LogP contribution in [0.25, 0.3) is 0 Å². The number of nitriles is 1. The van der Waals surface area contributed by atoms with Crippen molar-refractivity contribution < 1.29 is 18.6 Å². The van der Waals surface area contributed by atoms with Gasteiger partial charge in [0.05, 0.1) is 25.4 Å². The number of ether oxygens (including phenoxy) is 1. The van der Waals surface area contributed by atoms with Gasteiger partial charge in [-0.05, 0) is 13.0 Å².